The maximum absolute atomic E-state index is 13.3. The van der Waals surface area contributed by atoms with Crippen LogP contribution in [0.3, 0.4) is 0 Å². The largest absolute Gasteiger partial charge is 0.416 e. The highest BCUT2D eigenvalue weighted by Gasteiger charge is 2.31. The summed E-state index contributed by atoms with van der Waals surface area (Å²) in [7, 11) is 0. The molecular weight excluding hydrogens is 445 g/mol. The summed E-state index contributed by atoms with van der Waals surface area (Å²) in [6, 6.07) is 11.6. The van der Waals surface area contributed by atoms with Gasteiger partial charge in [-0.3, -0.25) is 19.0 Å². The van der Waals surface area contributed by atoms with Crippen molar-refractivity contribution in [3.05, 3.63) is 92.4 Å². The highest BCUT2D eigenvalue weighted by atomic mass is 35.5. The molecule has 0 unspecified atom stereocenters. The Morgan fingerprint density at radius 2 is 1.72 bits per heavy atom. The van der Waals surface area contributed by atoms with Crippen molar-refractivity contribution in [2.24, 2.45) is 0 Å². The fraction of sp³-hybridized carbons (Fsp3) is 0.174. The number of hydrogen-bond donors (Lipinski definition) is 1. The Hall–Kier alpha value is -3.39. The predicted octanol–water partition coefficient (Wildman–Crippen LogP) is 5.28. The molecule has 0 spiro atoms. The molecule has 0 saturated heterocycles. The van der Waals surface area contributed by atoms with E-state index in [4.69, 9.17) is 11.6 Å². The van der Waals surface area contributed by atoms with E-state index in [1.54, 1.807) is 18.2 Å². The number of carbonyl (C=O) groups is 2. The molecule has 3 aromatic rings. The molecule has 0 aliphatic heterocycles. The molecule has 1 aromatic heterocycles. The minimum Gasteiger partial charge on any atom is -0.322 e. The minimum absolute atomic E-state index is 0.145. The summed E-state index contributed by atoms with van der Waals surface area (Å²) in [6.45, 7) is 0. The predicted molar refractivity (Wildman–Crippen MR) is 114 cm³/mol. The van der Waals surface area contributed by atoms with Crippen LogP contribution in [0, 0.1) is 0 Å². The standard InChI is InChI=1S/C23H16ClF3N2O3/c24-14-3-1-4-15(11-14)28-21(31)18-12-17-19(5-2-6-20(17)30)29(22(18)32)16-9-7-13(8-10-16)23(25,26)27/h1,3-4,7-12H,2,5-6H2,(H,28,31). The zero-order valence-electron chi connectivity index (χ0n) is 16.5. The van der Waals surface area contributed by atoms with Crippen molar-refractivity contribution in [2.45, 2.75) is 25.4 Å². The summed E-state index contributed by atoms with van der Waals surface area (Å²) < 4.78 is 40.0. The van der Waals surface area contributed by atoms with E-state index in [0.717, 1.165) is 28.8 Å². The monoisotopic (exact) mass is 460 g/mol. The van der Waals surface area contributed by atoms with Crippen molar-refractivity contribution in [2.75, 3.05) is 5.32 Å². The van der Waals surface area contributed by atoms with E-state index in [1.807, 2.05) is 0 Å². The van der Waals surface area contributed by atoms with Gasteiger partial charge in [0.05, 0.1) is 5.56 Å². The van der Waals surface area contributed by atoms with Gasteiger partial charge in [-0.25, -0.2) is 0 Å². The van der Waals surface area contributed by atoms with Gasteiger partial charge in [-0.2, -0.15) is 13.2 Å². The van der Waals surface area contributed by atoms with Crippen molar-refractivity contribution >= 4 is 29.0 Å². The maximum atomic E-state index is 13.3. The highest BCUT2D eigenvalue weighted by Crippen LogP contribution is 2.30. The number of pyridine rings is 1. The smallest absolute Gasteiger partial charge is 0.322 e. The molecule has 164 valence electrons. The van der Waals surface area contributed by atoms with Gasteiger partial charge in [0.15, 0.2) is 5.78 Å². The number of benzene rings is 2. The van der Waals surface area contributed by atoms with Crippen LogP contribution in [-0.2, 0) is 12.6 Å². The van der Waals surface area contributed by atoms with Crippen LogP contribution in [0.5, 0.6) is 0 Å². The van der Waals surface area contributed by atoms with Gasteiger partial charge >= 0.3 is 6.18 Å². The van der Waals surface area contributed by atoms with E-state index in [9.17, 15) is 27.6 Å². The molecule has 4 rings (SSSR count). The lowest BCUT2D eigenvalue weighted by Gasteiger charge is -2.22. The van der Waals surface area contributed by atoms with Crippen molar-refractivity contribution in [1.29, 1.82) is 0 Å². The fourth-order valence-corrected chi connectivity index (χ4v) is 3.88. The average Bonchev–Trinajstić information content (AvgIpc) is 2.73. The van der Waals surface area contributed by atoms with Gasteiger partial charge in [-0.1, -0.05) is 17.7 Å². The van der Waals surface area contributed by atoms with E-state index in [2.05, 4.69) is 5.32 Å². The molecule has 0 atom stereocenters. The lowest BCUT2D eigenvalue weighted by atomic mass is 9.92. The summed E-state index contributed by atoms with van der Waals surface area (Å²) in [4.78, 5) is 38.7. The minimum atomic E-state index is -4.53. The van der Waals surface area contributed by atoms with Crippen LogP contribution in [0.4, 0.5) is 18.9 Å². The number of nitrogens with one attached hydrogen (secondary N) is 1. The average molecular weight is 461 g/mol. The van der Waals surface area contributed by atoms with Crippen molar-refractivity contribution in [1.82, 2.24) is 4.57 Å². The number of alkyl halides is 3. The molecule has 5 nitrogen and oxygen atoms in total. The number of aromatic nitrogens is 1. The Morgan fingerprint density at radius 1 is 1.00 bits per heavy atom. The summed E-state index contributed by atoms with van der Waals surface area (Å²) in [5.41, 5.74) is -0.790. The number of fused-ring (bicyclic) bond motifs is 1. The number of nitrogens with zero attached hydrogens (tertiary/aromatic N) is 1. The first-order chi connectivity index (χ1) is 15.1. The van der Waals surface area contributed by atoms with E-state index in [-0.39, 0.29) is 29.0 Å². The number of halogens is 4. The zero-order valence-corrected chi connectivity index (χ0v) is 17.3. The van der Waals surface area contributed by atoms with Crippen LogP contribution >= 0.6 is 11.6 Å². The van der Waals surface area contributed by atoms with Gasteiger partial charge in [0.1, 0.15) is 5.56 Å². The molecular formula is C23H16ClF3N2O3. The van der Waals surface area contributed by atoms with Gasteiger partial charge in [0.2, 0.25) is 0 Å². The SMILES string of the molecule is O=C1CCCc2c1cc(C(=O)Nc1cccc(Cl)c1)c(=O)n2-c1ccc(C(F)(F)F)cc1. The number of carbonyl (C=O) groups excluding carboxylic acids is 2. The fourth-order valence-electron chi connectivity index (χ4n) is 3.69. The second kappa shape index (κ2) is 8.27. The maximum Gasteiger partial charge on any atom is 0.416 e. The molecule has 0 fully saturated rings. The van der Waals surface area contributed by atoms with Crippen LogP contribution in [0.2, 0.25) is 5.02 Å². The van der Waals surface area contributed by atoms with Crippen molar-refractivity contribution in [3.8, 4) is 5.69 Å². The number of anilines is 1. The topological polar surface area (TPSA) is 68.2 Å². The molecule has 0 bridgehead atoms. The Labute approximate surface area is 185 Å². The Bertz CT molecular complexity index is 1280. The van der Waals surface area contributed by atoms with E-state index >= 15 is 0 Å². The summed E-state index contributed by atoms with van der Waals surface area (Å²) in [5.74, 6) is -0.984. The first kappa shape index (κ1) is 21.8. The highest BCUT2D eigenvalue weighted by molar-refractivity contribution is 6.31. The van der Waals surface area contributed by atoms with Gasteiger partial charge in [0.25, 0.3) is 11.5 Å². The van der Waals surface area contributed by atoms with E-state index in [1.165, 1.54) is 12.1 Å². The van der Waals surface area contributed by atoms with Gasteiger partial charge in [0, 0.05) is 34.1 Å². The van der Waals surface area contributed by atoms with Gasteiger partial charge in [-0.15, -0.1) is 0 Å². The van der Waals surface area contributed by atoms with Crippen LogP contribution in [0.1, 0.15) is 44.8 Å². The van der Waals surface area contributed by atoms with Gasteiger partial charge in [-0.05, 0) is 61.4 Å². The molecule has 1 aliphatic rings. The molecule has 2 aromatic carbocycles. The number of amides is 1. The van der Waals surface area contributed by atoms with Crippen LogP contribution in [0.15, 0.2) is 59.4 Å². The number of Topliss-reactive ketones (excluding diaryl/α,β-unsaturated/α-hetero) is 1. The van der Waals surface area contributed by atoms with Crippen LogP contribution < -0.4 is 10.9 Å². The first-order valence-electron chi connectivity index (χ1n) is 9.72. The third-order valence-corrected chi connectivity index (χ3v) is 5.44. The molecule has 1 N–H and O–H groups in total. The molecule has 0 radical (unpaired) electrons. The van der Waals surface area contributed by atoms with Crippen LogP contribution in [-0.4, -0.2) is 16.3 Å². The summed E-state index contributed by atoms with van der Waals surface area (Å²) >= 11 is 5.93. The van der Waals surface area contributed by atoms with Crippen molar-refractivity contribution < 1.29 is 22.8 Å². The lowest BCUT2D eigenvalue weighted by Crippen LogP contribution is -2.33. The first-order valence-corrected chi connectivity index (χ1v) is 10.1. The third kappa shape index (κ3) is 4.18. The molecule has 32 heavy (non-hydrogen) atoms. The molecule has 1 amide bonds. The third-order valence-electron chi connectivity index (χ3n) is 5.20. The second-order valence-electron chi connectivity index (χ2n) is 7.34. The molecule has 1 heterocycles. The summed E-state index contributed by atoms with van der Waals surface area (Å²) in [5, 5.41) is 2.95. The van der Waals surface area contributed by atoms with Gasteiger partial charge < -0.3 is 5.32 Å². The lowest BCUT2D eigenvalue weighted by molar-refractivity contribution is -0.137. The molecule has 9 heteroatoms. The molecule has 0 saturated carbocycles. The van der Waals surface area contributed by atoms with Crippen LogP contribution in [0.25, 0.3) is 5.69 Å². The quantitative estimate of drug-likeness (QED) is 0.578. The van der Waals surface area contributed by atoms with E-state index in [0.29, 0.717) is 29.2 Å². The van der Waals surface area contributed by atoms with Crippen molar-refractivity contribution in [3.63, 3.8) is 0 Å². The Balaban J connectivity index is 1.84. The number of ketones is 1. The Morgan fingerprint density at radius 3 is 2.38 bits per heavy atom. The normalized spacial score (nSPS) is 13.6. The second-order valence-corrected chi connectivity index (χ2v) is 7.78. The Kier molecular flexibility index (Phi) is 5.64. The molecule has 1 aliphatic carbocycles. The van der Waals surface area contributed by atoms with E-state index < -0.39 is 23.2 Å². The summed E-state index contributed by atoms with van der Waals surface area (Å²) in [6.07, 6.45) is -3.39. The number of hydrogen-bond acceptors (Lipinski definition) is 3. The number of rotatable bonds is 3. The zero-order chi connectivity index (χ0) is 23.0.